The average molecular weight is 323 g/mol. The van der Waals surface area contributed by atoms with Crippen LogP contribution in [0.25, 0.3) is 0 Å². The summed E-state index contributed by atoms with van der Waals surface area (Å²) in [6, 6.07) is 8.07. The Balaban J connectivity index is 2.31. The van der Waals surface area contributed by atoms with Crippen molar-refractivity contribution in [3.63, 3.8) is 0 Å². The van der Waals surface area contributed by atoms with Crippen LogP contribution in [0, 0.1) is 0 Å². The van der Waals surface area contributed by atoms with E-state index in [1.54, 1.807) is 30.3 Å². The molecular weight excluding hydrogens is 308 g/mol. The molecule has 1 N–H and O–H groups in total. The lowest BCUT2D eigenvalue weighted by Crippen LogP contribution is -2.14. The summed E-state index contributed by atoms with van der Waals surface area (Å²) in [7, 11) is 4.51. The summed E-state index contributed by atoms with van der Waals surface area (Å²) >= 11 is 5.78. The Morgan fingerprint density at radius 1 is 1.09 bits per heavy atom. The van der Waals surface area contributed by atoms with Crippen LogP contribution in [-0.4, -0.2) is 32.2 Å². The third-order valence-corrected chi connectivity index (χ3v) is 3.08. The summed E-state index contributed by atoms with van der Waals surface area (Å²) in [5, 5.41) is 2.96. The second-order valence-electron chi connectivity index (χ2n) is 4.21. The van der Waals surface area contributed by atoms with Crippen molar-refractivity contribution in [1.29, 1.82) is 0 Å². The average Bonchev–Trinajstić information content (AvgIpc) is 2.53. The molecule has 6 nitrogen and oxygen atoms in total. The molecule has 0 spiro atoms. The van der Waals surface area contributed by atoms with Crippen molar-refractivity contribution < 1.29 is 19.0 Å². The van der Waals surface area contributed by atoms with Gasteiger partial charge in [-0.3, -0.25) is 4.79 Å². The van der Waals surface area contributed by atoms with Gasteiger partial charge in [0.25, 0.3) is 5.91 Å². The van der Waals surface area contributed by atoms with Gasteiger partial charge in [0.2, 0.25) is 5.75 Å². The third kappa shape index (κ3) is 3.40. The molecule has 1 aromatic carbocycles. The van der Waals surface area contributed by atoms with Gasteiger partial charge in [-0.05, 0) is 12.1 Å². The van der Waals surface area contributed by atoms with E-state index in [2.05, 4.69) is 10.3 Å². The minimum absolute atomic E-state index is 0.209. The van der Waals surface area contributed by atoms with Crippen molar-refractivity contribution >= 4 is 23.2 Å². The molecule has 0 fully saturated rings. The van der Waals surface area contributed by atoms with Crippen LogP contribution >= 0.6 is 11.6 Å². The van der Waals surface area contributed by atoms with Crippen LogP contribution < -0.4 is 19.5 Å². The molecule has 2 aromatic rings. The third-order valence-electron chi connectivity index (χ3n) is 2.87. The van der Waals surface area contributed by atoms with E-state index in [1.807, 2.05) is 0 Å². The fourth-order valence-electron chi connectivity index (χ4n) is 1.88. The van der Waals surface area contributed by atoms with Crippen LogP contribution in [0.3, 0.4) is 0 Å². The highest BCUT2D eigenvalue weighted by Crippen LogP contribution is 2.39. The number of anilines is 1. The number of nitrogens with one attached hydrogen (secondary N) is 1. The molecular formula is C15H15ClN2O4. The van der Waals surface area contributed by atoms with E-state index in [0.29, 0.717) is 22.9 Å². The Kier molecular flexibility index (Phi) is 5.06. The number of carbonyl (C=O) groups is 1. The topological polar surface area (TPSA) is 69.7 Å². The molecule has 0 atom stereocenters. The maximum absolute atomic E-state index is 12.2. The normalized spacial score (nSPS) is 10.0. The van der Waals surface area contributed by atoms with E-state index in [-0.39, 0.29) is 10.8 Å². The van der Waals surface area contributed by atoms with Crippen molar-refractivity contribution in [3.8, 4) is 17.2 Å². The Hall–Kier alpha value is -2.47. The Morgan fingerprint density at radius 3 is 2.23 bits per heavy atom. The number of pyridine rings is 1. The molecule has 22 heavy (non-hydrogen) atoms. The molecule has 0 saturated carbocycles. The number of hydrogen-bond donors (Lipinski definition) is 1. The van der Waals surface area contributed by atoms with Crippen molar-refractivity contribution in [2.24, 2.45) is 0 Å². The lowest BCUT2D eigenvalue weighted by Gasteiger charge is -2.14. The molecule has 0 saturated heterocycles. The van der Waals surface area contributed by atoms with E-state index < -0.39 is 5.91 Å². The number of rotatable bonds is 5. The zero-order valence-electron chi connectivity index (χ0n) is 12.3. The highest BCUT2D eigenvalue weighted by Gasteiger charge is 2.15. The maximum Gasteiger partial charge on any atom is 0.274 e. The van der Waals surface area contributed by atoms with Gasteiger partial charge >= 0.3 is 0 Å². The first-order chi connectivity index (χ1) is 10.6. The smallest absolute Gasteiger partial charge is 0.274 e. The summed E-state index contributed by atoms with van der Waals surface area (Å²) in [5.41, 5.74) is 0.697. The highest BCUT2D eigenvalue weighted by molar-refractivity contribution is 6.29. The fourth-order valence-corrected chi connectivity index (χ4v) is 2.05. The van der Waals surface area contributed by atoms with Crippen molar-refractivity contribution in [3.05, 3.63) is 41.2 Å². The lowest BCUT2D eigenvalue weighted by atomic mass is 10.2. The first-order valence-electron chi connectivity index (χ1n) is 6.33. The van der Waals surface area contributed by atoms with Gasteiger partial charge < -0.3 is 19.5 Å². The fraction of sp³-hybridized carbons (Fsp3) is 0.200. The number of methoxy groups -OCH3 is 3. The Morgan fingerprint density at radius 2 is 1.73 bits per heavy atom. The lowest BCUT2D eigenvalue weighted by molar-refractivity contribution is 0.102. The van der Waals surface area contributed by atoms with Gasteiger partial charge in [0.15, 0.2) is 11.5 Å². The largest absolute Gasteiger partial charge is 0.493 e. The predicted molar refractivity (Wildman–Crippen MR) is 83.3 cm³/mol. The summed E-state index contributed by atoms with van der Waals surface area (Å²) < 4.78 is 15.7. The highest BCUT2D eigenvalue weighted by atomic mass is 35.5. The van der Waals surface area contributed by atoms with Crippen LogP contribution in [0.2, 0.25) is 5.15 Å². The summed E-state index contributed by atoms with van der Waals surface area (Å²) in [4.78, 5) is 16.1. The minimum atomic E-state index is -0.392. The molecule has 0 aliphatic heterocycles. The van der Waals surface area contributed by atoms with Crippen molar-refractivity contribution in [2.45, 2.75) is 0 Å². The number of ether oxygens (including phenoxy) is 3. The Bertz CT molecular complexity index is 666. The van der Waals surface area contributed by atoms with Crippen LogP contribution in [0.15, 0.2) is 30.3 Å². The molecule has 1 amide bonds. The van der Waals surface area contributed by atoms with Gasteiger partial charge in [-0.2, -0.15) is 0 Å². The molecule has 0 unspecified atom stereocenters. The zero-order valence-corrected chi connectivity index (χ0v) is 13.1. The van der Waals surface area contributed by atoms with Gasteiger partial charge in [0, 0.05) is 17.8 Å². The molecule has 116 valence electrons. The standard InChI is InChI=1S/C15H15ClN2O4/c1-20-11-7-9(8-12(21-2)14(11)22-3)17-15(19)10-5-4-6-13(16)18-10/h4-8H,1-3H3,(H,17,19). The molecule has 0 aliphatic carbocycles. The molecule has 0 radical (unpaired) electrons. The van der Waals surface area contributed by atoms with Gasteiger partial charge in [-0.25, -0.2) is 4.98 Å². The van der Waals surface area contributed by atoms with Crippen molar-refractivity contribution in [1.82, 2.24) is 4.98 Å². The van der Waals surface area contributed by atoms with Crippen LogP contribution in [0.5, 0.6) is 17.2 Å². The number of aromatic nitrogens is 1. The predicted octanol–water partition coefficient (Wildman–Crippen LogP) is 3.01. The van der Waals surface area contributed by atoms with Crippen LogP contribution in [-0.2, 0) is 0 Å². The summed E-state index contributed by atoms with van der Waals surface area (Å²) in [6.45, 7) is 0. The van der Waals surface area contributed by atoms with E-state index >= 15 is 0 Å². The van der Waals surface area contributed by atoms with E-state index in [1.165, 1.54) is 21.3 Å². The first-order valence-corrected chi connectivity index (χ1v) is 6.70. The minimum Gasteiger partial charge on any atom is -0.493 e. The number of hydrogen-bond acceptors (Lipinski definition) is 5. The second-order valence-corrected chi connectivity index (χ2v) is 4.60. The zero-order chi connectivity index (χ0) is 16.1. The second kappa shape index (κ2) is 7.00. The van der Waals surface area contributed by atoms with E-state index in [9.17, 15) is 4.79 Å². The quantitative estimate of drug-likeness (QED) is 0.857. The van der Waals surface area contributed by atoms with Gasteiger partial charge in [-0.15, -0.1) is 0 Å². The summed E-state index contributed by atoms with van der Waals surface area (Å²) in [5.74, 6) is 0.938. The molecule has 7 heteroatoms. The number of carbonyl (C=O) groups excluding carboxylic acids is 1. The Labute approximate surface area is 133 Å². The molecule has 1 heterocycles. The SMILES string of the molecule is COc1cc(NC(=O)c2cccc(Cl)n2)cc(OC)c1OC. The van der Waals surface area contributed by atoms with Gasteiger partial charge in [0.1, 0.15) is 10.8 Å². The molecule has 2 rings (SSSR count). The van der Waals surface area contributed by atoms with Gasteiger partial charge in [-0.1, -0.05) is 17.7 Å². The maximum atomic E-state index is 12.2. The number of amides is 1. The van der Waals surface area contributed by atoms with E-state index in [4.69, 9.17) is 25.8 Å². The summed E-state index contributed by atoms with van der Waals surface area (Å²) in [6.07, 6.45) is 0. The van der Waals surface area contributed by atoms with E-state index in [0.717, 1.165) is 0 Å². The molecule has 1 aromatic heterocycles. The first kappa shape index (κ1) is 15.9. The number of halogens is 1. The van der Waals surface area contributed by atoms with Crippen LogP contribution in [0.1, 0.15) is 10.5 Å². The van der Waals surface area contributed by atoms with Gasteiger partial charge in [0.05, 0.1) is 21.3 Å². The number of benzene rings is 1. The number of nitrogens with zero attached hydrogens (tertiary/aromatic N) is 1. The molecule has 0 bridgehead atoms. The van der Waals surface area contributed by atoms with Crippen molar-refractivity contribution in [2.75, 3.05) is 26.6 Å². The molecule has 0 aliphatic rings. The van der Waals surface area contributed by atoms with Crippen LogP contribution in [0.4, 0.5) is 5.69 Å². The monoisotopic (exact) mass is 322 g/mol.